The van der Waals surface area contributed by atoms with Crippen molar-refractivity contribution in [3.8, 4) is 0 Å². The van der Waals surface area contributed by atoms with E-state index >= 15 is 0 Å². The molecule has 1 heterocycles. The van der Waals surface area contributed by atoms with Crippen LogP contribution in [0.5, 0.6) is 0 Å². The molecule has 1 aromatic heterocycles. The van der Waals surface area contributed by atoms with Gasteiger partial charge in [0, 0.05) is 9.72 Å². The summed E-state index contributed by atoms with van der Waals surface area (Å²) in [7, 11) is 0. The lowest BCUT2D eigenvalue weighted by Crippen LogP contribution is -2.46. The van der Waals surface area contributed by atoms with Crippen LogP contribution < -0.4 is 10.6 Å². The van der Waals surface area contributed by atoms with E-state index < -0.39 is 17.9 Å². The molecular weight excluding hydrogens is 376 g/mol. The van der Waals surface area contributed by atoms with Crippen molar-refractivity contribution in [3.05, 3.63) is 34.2 Å². The van der Waals surface area contributed by atoms with Gasteiger partial charge in [-0.2, -0.15) is 0 Å². The maximum atomic E-state index is 12.1. The zero-order valence-electron chi connectivity index (χ0n) is 14.5. The molecule has 0 spiro atoms. The Morgan fingerprint density at radius 3 is 2.62 bits per heavy atom. The third kappa shape index (κ3) is 5.71. The Balaban J connectivity index is 1.88. The molecule has 140 valence electrons. The molecule has 8 heteroatoms. The number of benzene rings is 1. The fourth-order valence-corrected chi connectivity index (χ4v) is 3.66. The van der Waals surface area contributed by atoms with Gasteiger partial charge in [-0.05, 0) is 46.9 Å². The summed E-state index contributed by atoms with van der Waals surface area (Å²) >= 11 is 7.52. The number of carbonyl (C=O) groups is 3. The molecule has 1 aromatic carbocycles. The van der Waals surface area contributed by atoms with Crippen molar-refractivity contribution in [2.45, 2.75) is 32.7 Å². The minimum absolute atomic E-state index is 0.127. The van der Waals surface area contributed by atoms with Crippen molar-refractivity contribution in [1.29, 1.82) is 0 Å². The van der Waals surface area contributed by atoms with Crippen LogP contribution in [0.15, 0.2) is 23.6 Å². The van der Waals surface area contributed by atoms with Crippen LogP contribution in [-0.2, 0) is 20.8 Å². The summed E-state index contributed by atoms with van der Waals surface area (Å²) in [6.45, 7) is 3.49. The molecule has 0 saturated carbocycles. The lowest BCUT2D eigenvalue weighted by atomic mass is 10.0. The highest BCUT2D eigenvalue weighted by atomic mass is 35.5. The van der Waals surface area contributed by atoms with Crippen LogP contribution in [-0.4, -0.2) is 35.5 Å². The maximum absolute atomic E-state index is 12.1. The Morgan fingerprint density at radius 2 is 1.96 bits per heavy atom. The van der Waals surface area contributed by atoms with Crippen LogP contribution in [0, 0.1) is 5.92 Å². The van der Waals surface area contributed by atoms with Gasteiger partial charge in [-0.15, -0.1) is 11.3 Å². The third-order valence-electron chi connectivity index (χ3n) is 3.75. The van der Waals surface area contributed by atoms with E-state index in [9.17, 15) is 14.4 Å². The number of hydrogen-bond donors (Lipinski definition) is 3. The molecule has 3 N–H and O–H groups in total. The van der Waals surface area contributed by atoms with Crippen LogP contribution >= 0.6 is 22.9 Å². The van der Waals surface area contributed by atoms with E-state index in [-0.39, 0.29) is 24.8 Å². The summed E-state index contributed by atoms with van der Waals surface area (Å²) < 4.78 is 1.04. The van der Waals surface area contributed by atoms with Crippen molar-refractivity contribution in [3.63, 3.8) is 0 Å². The van der Waals surface area contributed by atoms with Gasteiger partial charge in [-0.3, -0.25) is 9.59 Å². The molecule has 6 nitrogen and oxygen atoms in total. The second-order valence-corrected chi connectivity index (χ2v) is 7.79. The molecule has 0 bridgehead atoms. The van der Waals surface area contributed by atoms with Crippen LogP contribution in [0.3, 0.4) is 0 Å². The van der Waals surface area contributed by atoms with Gasteiger partial charge in [0.2, 0.25) is 11.8 Å². The van der Waals surface area contributed by atoms with Gasteiger partial charge in [0.1, 0.15) is 6.04 Å². The number of rotatable bonds is 8. The number of amides is 2. The molecule has 0 unspecified atom stereocenters. The van der Waals surface area contributed by atoms with Crippen molar-refractivity contribution in [2.75, 3.05) is 6.54 Å². The SMILES string of the molecule is CC(C)C[C@H](NC(=O)CNC(=O)Cc1csc2ccc(Cl)cc12)C(=O)O. The van der Waals surface area contributed by atoms with Crippen LogP contribution in [0.2, 0.25) is 5.02 Å². The first-order chi connectivity index (χ1) is 12.3. The largest absolute Gasteiger partial charge is 0.480 e. The summed E-state index contributed by atoms with van der Waals surface area (Å²) in [6.07, 6.45) is 0.457. The molecule has 26 heavy (non-hydrogen) atoms. The average Bonchev–Trinajstić information content (AvgIpc) is 2.94. The summed E-state index contributed by atoms with van der Waals surface area (Å²) in [6, 6.07) is 4.55. The van der Waals surface area contributed by atoms with E-state index in [1.54, 1.807) is 6.07 Å². The third-order valence-corrected chi connectivity index (χ3v) is 5.00. The minimum atomic E-state index is -1.08. The number of carbonyl (C=O) groups excluding carboxylic acids is 2. The Bertz CT molecular complexity index is 819. The standard InChI is InChI=1S/C18H21ClN2O4S/c1-10(2)5-14(18(24)25)21-17(23)8-20-16(22)6-11-9-26-15-4-3-12(19)7-13(11)15/h3-4,7,9-10,14H,5-6,8H2,1-2H3,(H,20,22)(H,21,23)(H,24,25)/t14-/m0/s1. The number of nitrogens with one attached hydrogen (secondary N) is 2. The van der Waals surface area contributed by atoms with E-state index in [0.717, 1.165) is 15.6 Å². The summed E-state index contributed by atoms with van der Waals surface area (Å²) in [4.78, 5) is 35.2. The molecule has 0 aliphatic rings. The van der Waals surface area contributed by atoms with Gasteiger partial charge in [-0.1, -0.05) is 25.4 Å². The number of hydrogen-bond acceptors (Lipinski definition) is 4. The lowest BCUT2D eigenvalue weighted by Gasteiger charge is -2.16. The van der Waals surface area contributed by atoms with Crippen molar-refractivity contribution >= 4 is 50.8 Å². The monoisotopic (exact) mass is 396 g/mol. The number of fused-ring (bicyclic) bond motifs is 1. The highest BCUT2D eigenvalue weighted by Gasteiger charge is 2.21. The zero-order chi connectivity index (χ0) is 19.3. The Hall–Kier alpha value is -2.12. The molecule has 1 atom stereocenters. The summed E-state index contributed by atoms with van der Waals surface area (Å²) in [5.74, 6) is -1.79. The van der Waals surface area contributed by atoms with E-state index in [1.807, 2.05) is 31.4 Å². The summed E-state index contributed by atoms with van der Waals surface area (Å²) in [5, 5.41) is 17.5. The number of carboxylic acid groups (broad SMARTS) is 1. The highest BCUT2D eigenvalue weighted by Crippen LogP contribution is 2.28. The molecule has 0 fully saturated rings. The first-order valence-electron chi connectivity index (χ1n) is 8.20. The normalized spacial score (nSPS) is 12.2. The maximum Gasteiger partial charge on any atom is 0.326 e. The van der Waals surface area contributed by atoms with Crippen LogP contribution in [0.25, 0.3) is 10.1 Å². The topological polar surface area (TPSA) is 95.5 Å². The lowest BCUT2D eigenvalue weighted by molar-refractivity contribution is -0.142. The number of carboxylic acids is 1. The number of thiophene rings is 1. The van der Waals surface area contributed by atoms with Gasteiger partial charge >= 0.3 is 5.97 Å². The number of aliphatic carboxylic acids is 1. The first kappa shape index (κ1) is 20.2. The van der Waals surface area contributed by atoms with Gasteiger partial charge < -0.3 is 15.7 Å². The molecule has 0 aliphatic carbocycles. The van der Waals surface area contributed by atoms with E-state index in [1.165, 1.54) is 11.3 Å². The fraction of sp³-hybridized carbons (Fsp3) is 0.389. The van der Waals surface area contributed by atoms with Gasteiger partial charge in [0.05, 0.1) is 13.0 Å². The van der Waals surface area contributed by atoms with E-state index in [4.69, 9.17) is 16.7 Å². The predicted octanol–water partition coefficient (Wildman–Crippen LogP) is 2.83. The molecule has 2 aromatic rings. The quantitative estimate of drug-likeness (QED) is 0.639. The van der Waals surface area contributed by atoms with Crippen molar-refractivity contribution < 1.29 is 19.5 Å². The molecule has 0 radical (unpaired) electrons. The van der Waals surface area contributed by atoms with Crippen molar-refractivity contribution in [2.24, 2.45) is 5.92 Å². The Morgan fingerprint density at radius 1 is 1.23 bits per heavy atom. The highest BCUT2D eigenvalue weighted by molar-refractivity contribution is 7.17. The first-order valence-corrected chi connectivity index (χ1v) is 9.46. The smallest absolute Gasteiger partial charge is 0.326 e. The van der Waals surface area contributed by atoms with Crippen LogP contribution in [0.1, 0.15) is 25.8 Å². The van der Waals surface area contributed by atoms with E-state index in [2.05, 4.69) is 10.6 Å². The Kier molecular flexibility index (Phi) is 6.99. The molecule has 2 rings (SSSR count). The molecular formula is C18H21ClN2O4S. The second-order valence-electron chi connectivity index (χ2n) is 6.44. The average molecular weight is 397 g/mol. The van der Waals surface area contributed by atoms with Gasteiger partial charge in [0.15, 0.2) is 0 Å². The molecule has 2 amide bonds. The minimum Gasteiger partial charge on any atom is -0.480 e. The number of halogens is 1. The fourth-order valence-electron chi connectivity index (χ4n) is 2.54. The molecule has 0 saturated heterocycles. The van der Waals surface area contributed by atoms with Gasteiger partial charge in [0.25, 0.3) is 0 Å². The Labute approximate surface area is 160 Å². The summed E-state index contributed by atoms with van der Waals surface area (Å²) in [5.41, 5.74) is 0.841. The van der Waals surface area contributed by atoms with E-state index in [0.29, 0.717) is 11.4 Å². The zero-order valence-corrected chi connectivity index (χ0v) is 16.1. The van der Waals surface area contributed by atoms with Crippen LogP contribution in [0.4, 0.5) is 0 Å². The molecule has 0 aliphatic heterocycles. The van der Waals surface area contributed by atoms with Gasteiger partial charge in [-0.25, -0.2) is 4.79 Å². The van der Waals surface area contributed by atoms with Crippen molar-refractivity contribution in [1.82, 2.24) is 10.6 Å². The predicted molar refractivity (Wildman–Crippen MR) is 103 cm³/mol. The second kappa shape index (κ2) is 9.00.